The first-order chi connectivity index (χ1) is 18.5. The fourth-order valence-electron chi connectivity index (χ4n) is 4.49. The van der Waals surface area contributed by atoms with Crippen LogP contribution in [-0.4, -0.2) is 19.5 Å². The zero-order chi connectivity index (χ0) is 26.2. The monoisotopic (exact) mass is 501 g/mol. The maximum atomic E-state index is 5.99. The maximum absolute atomic E-state index is 5.99. The van der Waals surface area contributed by atoms with Gasteiger partial charge < -0.3 is 19.1 Å². The summed E-state index contributed by atoms with van der Waals surface area (Å²) in [5, 5.41) is 0. The number of anilines is 1. The SMILES string of the molecule is CCc1ccc(-c2nc3ccccc3o2)cc1N.Cc1nc2cc(-c3nc4ccccc4o3)ccc2n1C. The molecule has 4 aromatic carbocycles. The molecule has 0 atom stereocenters. The molecule has 0 aliphatic heterocycles. The van der Waals surface area contributed by atoms with Gasteiger partial charge >= 0.3 is 0 Å². The first kappa shape index (κ1) is 23.5. The first-order valence-electron chi connectivity index (χ1n) is 12.5. The van der Waals surface area contributed by atoms with E-state index < -0.39 is 0 Å². The largest absolute Gasteiger partial charge is 0.436 e. The van der Waals surface area contributed by atoms with Crippen molar-refractivity contribution in [3.8, 4) is 22.9 Å². The van der Waals surface area contributed by atoms with Gasteiger partial charge in [0.25, 0.3) is 0 Å². The smallest absolute Gasteiger partial charge is 0.227 e. The molecule has 0 fully saturated rings. The van der Waals surface area contributed by atoms with Crippen molar-refractivity contribution >= 4 is 38.9 Å². The molecular weight excluding hydrogens is 474 g/mol. The number of aryl methyl sites for hydroxylation is 3. The maximum Gasteiger partial charge on any atom is 0.227 e. The van der Waals surface area contributed by atoms with Gasteiger partial charge in [-0.3, -0.25) is 0 Å². The quantitative estimate of drug-likeness (QED) is 0.255. The van der Waals surface area contributed by atoms with Crippen LogP contribution in [0.1, 0.15) is 18.3 Å². The summed E-state index contributed by atoms with van der Waals surface area (Å²) in [4.78, 5) is 13.5. The molecule has 0 radical (unpaired) electrons. The molecule has 7 rings (SSSR count). The van der Waals surface area contributed by atoms with Crippen LogP contribution >= 0.6 is 0 Å². The molecule has 2 N–H and O–H groups in total. The molecule has 188 valence electrons. The predicted octanol–water partition coefficient (Wildman–Crippen LogP) is 7.33. The molecule has 0 saturated heterocycles. The Morgan fingerprint density at radius 3 is 1.87 bits per heavy atom. The van der Waals surface area contributed by atoms with Crippen LogP contribution in [0.2, 0.25) is 0 Å². The molecule has 0 aliphatic carbocycles. The lowest BCUT2D eigenvalue weighted by molar-refractivity contribution is 0.619. The number of benzene rings is 4. The Bertz CT molecular complexity index is 1840. The van der Waals surface area contributed by atoms with Gasteiger partial charge in [-0.1, -0.05) is 37.3 Å². The molecule has 38 heavy (non-hydrogen) atoms. The summed E-state index contributed by atoms with van der Waals surface area (Å²) in [6.07, 6.45) is 0.930. The van der Waals surface area contributed by atoms with Gasteiger partial charge in [0.15, 0.2) is 11.2 Å². The van der Waals surface area contributed by atoms with Crippen LogP contribution in [0.3, 0.4) is 0 Å². The number of para-hydroxylation sites is 4. The van der Waals surface area contributed by atoms with E-state index in [1.807, 2.05) is 92.8 Å². The van der Waals surface area contributed by atoms with Crippen molar-refractivity contribution in [1.82, 2.24) is 19.5 Å². The number of hydrogen-bond acceptors (Lipinski definition) is 6. The van der Waals surface area contributed by atoms with Crippen LogP contribution < -0.4 is 5.73 Å². The Labute approximate surface area is 219 Å². The van der Waals surface area contributed by atoms with Crippen LogP contribution in [0.15, 0.2) is 93.8 Å². The van der Waals surface area contributed by atoms with Crippen molar-refractivity contribution in [1.29, 1.82) is 0 Å². The van der Waals surface area contributed by atoms with Crippen LogP contribution in [0, 0.1) is 6.92 Å². The molecule has 0 spiro atoms. The van der Waals surface area contributed by atoms with Gasteiger partial charge in [0, 0.05) is 23.9 Å². The Morgan fingerprint density at radius 1 is 0.711 bits per heavy atom. The third-order valence-corrected chi connectivity index (χ3v) is 6.71. The van der Waals surface area contributed by atoms with Gasteiger partial charge in [0.05, 0.1) is 11.0 Å². The summed E-state index contributed by atoms with van der Waals surface area (Å²) < 4.78 is 13.6. The van der Waals surface area contributed by atoms with E-state index >= 15 is 0 Å². The number of oxazole rings is 2. The minimum absolute atomic E-state index is 0.616. The first-order valence-corrected chi connectivity index (χ1v) is 12.5. The zero-order valence-corrected chi connectivity index (χ0v) is 21.5. The van der Waals surface area contributed by atoms with Crippen molar-refractivity contribution in [2.45, 2.75) is 20.3 Å². The Balaban J connectivity index is 0.000000140. The second kappa shape index (κ2) is 9.52. The van der Waals surface area contributed by atoms with Gasteiger partial charge in [0.2, 0.25) is 11.8 Å². The third-order valence-electron chi connectivity index (χ3n) is 6.71. The van der Waals surface area contributed by atoms with E-state index in [-0.39, 0.29) is 0 Å². The van der Waals surface area contributed by atoms with Gasteiger partial charge in [-0.05, 0) is 73.5 Å². The lowest BCUT2D eigenvalue weighted by Gasteiger charge is -2.03. The minimum Gasteiger partial charge on any atom is -0.436 e. The van der Waals surface area contributed by atoms with Gasteiger partial charge in [0.1, 0.15) is 16.9 Å². The van der Waals surface area contributed by atoms with Crippen LogP contribution in [-0.2, 0) is 13.5 Å². The van der Waals surface area contributed by atoms with Crippen LogP contribution in [0.5, 0.6) is 0 Å². The number of nitrogen functional groups attached to an aromatic ring is 1. The Hall–Kier alpha value is -4.91. The van der Waals surface area contributed by atoms with Crippen LogP contribution in [0.25, 0.3) is 56.1 Å². The van der Waals surface area contributed by atoms with Crippen molar-refractivity contribution in [2.24, 2.45) is 7.05 Å². The van der Waals surface area contributed by atoms with E-state index in [0.717, 1.165) is 67.9 Å². The number of fused-ring (bicyclic) bond motifs is 3. The van der Waals surface area contributed by atoms with E-state index in [1.54, 1.807) is 0 Å². The van der Waals surface area contributed by atoms with Crippen molar-refractivity contribution in [2.75, 3.05) is 5.73 Å². The summed E-state index contributed by atoms with van der Waals surface area (Å²) in [6.45, 7) is 4.09. The number of imidazole rings is 1. The normalized spacial score (nSPS) is 11.2. The molecule has 7 heteroatoms. The van der Waals surface area contributed by atoms with E-state index in [9.17, 15) is 0 Å². The summed E-state index contributed by atoms with van der Waals surface area (Å²) in [7, 11) is 2.02. The molecule has 7 aromatic rings. The van der Waals surface area contributed by atoms with E-state index in [2.05, 4.69) is 32.5 Å². The average molecular weight is 502 g/mol. The molecular formula is C31H27N5O2. The molecule has 7 nitrogen and oxygen atoms in total. The predicted molar refractivity (Wildman–Crippen MR) is 152 cm³/mol. The second-order valence-corrected chi connectivity index (χ2v) is 9.16. The van der Waals surface area contributed by atoms with Crippen molar-refractivity contribution in [3.63, 3.8) is 0 Å². The number of aromatic nitrogens is 4. The zero-order valence-electron chi connectivity index (χ0n) is 21.5. The fraction of sp³-hybridized carbons (Fsp3) is 0.129. The molecule has 0 aliphatic rings. The molecule has 0 amide bonds. The van der Waals surface area contributed by atoms with Crippen molar-refractivity contribution in [3.05, 3.63) is 96.3 Å². The summed E-state index contributed by atoms with van der Waals surface area (Å²) >= 11 is 0. The summed E-state index contributed by atoms with van der Waals surface area (Å²) in [6, 6.07) is 27.6. The lowest BCUT2D eigenvalue weighted by atomic mass is 10.1. The van der Waals surface area contributed by atoms with Crippen LogP contribution in [0.4, 0.5) is 5.69 Å². The second-order valence-electron chi connectivity index (χ2n) is 9.16. The topological polar surface area (TPSA) is 95.9 Å². The highest BCUT2D eigenvalue weighted by molar-refractivity contribution is 5.83. The van der Waals surface area contributed by atoms with E-state index in [0.29, 0.717) is 11.8 Å². The highest BCUT2D eigenvalue weighted by Crippen LogP contribution is 2.28. The minimum atomic E-state index is 0.616. The molecule has 0 unspecified atom stereocenters. The standard InChI is InChI=1S/C16H13N3O.C15H14N2O/c1-10-17-13-9-11(7-8-14(13)19(10)2)16-18-12-5-3-4-6-15(12)20-16;1-2-10-7-8-11(9-12(10)16)15-17-13-5-3-4-6-14(13)18-15/h3-9H,1-2H3;3-9H,2,16H2,1H3. The number of nitrogens with two attached hydrogens (primary N) is 1. The highest BCUT2D eigenvalue weighted by Gasteiger charge is 2.11. The van der Waals surface area contributed by atoms with Gasteiger partial charge in [-0.25, -0.2) is 15.0 Å². The van der Waals surface area contributed by atoms with Gasteiger partial charge in [-0.2, -0.15) is 0 Å². The molecule has 0 saturated carbocycles. The van der Waals surface area contributed by atoms with Gasteiger partial charge in [-0.15, -0.1) is 0 Å². The summed E-state index contributed by atoms with van der Waals surface area (Å²) in [5.74, 6) is 2.25. The molecule has 0 bridgehead atoms. The molecule has 3 aromatic heterocycles. The third kappa shape index (κ3) is 4.28. The van der Waals surface area contributed by atoms with Crippen molar-refractivity contribution < 1.29 is 8.83 Å². The number of rotatable bonds is 3. The summed E-state index contributed by atoms with van der Waals surface area (Å²) in [5.41, 5.74) is 15.2. The highest BCUT2D eigenvalue weighted by atomic mass is 16.4. The lowest BCUT2D eigenvalue weighted by Crippen LogP contribution is -1.93. The number of nitrogens with zero attached hydrogens (tertiary/aromatic N) is 4. The fourth-order valence-corrected chi connectivity index (χ4v) is 4.49. The molecule has 3 heterocycles. The Kier molecular flexibility index (Phi) is 5.88. The Morgan fingerprint density at radius 2 is 1.29 bits per heavy atom. The van der Waals surface area contributed by atoms with E-state index in [4.69, 9.17) is 14.6 Å². The number of hydrogen-bond donors (Lipinski definition) is 1. The average Bonchev–Trinajstić information content (AvgIpc) is 3.64. The van der Waals surface area contributed by atoms with E-state index in [1.165, 1.54) is 0 Å².